The van der Waals surface area contributed by atoms with Gasteiger partial charge in [-0.15, -0.1) is 0 Å². The monoisotopic (exact) mass is 429 g/mol. The molecule has 1 heterocycles. The SMILES string of the molecule is Cc1c(NC(=S)N(Cc2ccccc2Cl)C2CCN(C)CC2)cccc1C(C)C. The second-order valence-electron chi connectivity index (χ2n) is 8.36. The maximum Gasteiger partial charge on any atom is 0.173 e. The van der Waals surface area contributed by atoms with E-state index in [1.165, 1.54) is 11.1 Å². The van der Waals surface area contributed by atoms with Gasteiger partial charge in [-0.1, -0.05) is 55.8 Å². The van der Waals surface area contributed by atoms with Crippen molar-refractivity contribution in [3.63, 3.8) is 0 Å². The summed E-state index contributed by atoms with van der Waals surface area (Å²) in [5.74, 6) is 0.485. The third-order valence-corrected chi connectivity index (χ3v) is 6.63. The fourth-order valence-corrected chi connectivity index (χ4v) is 4.60. The lowest BCUT2D eigenvalue weighted by molar-refractivity contribution is 0.173. The summed E-state index contributed by atoms with van der Waals surface area (Å²) in [5.41, 5.74) is 4.84. The van der Waals surface area contributed by atoms with Crippen LogP contribution in [-0.4, -0.2) is 41.1 Å². The smallest absolute Gasteiger partial charge is 0.173 e. The van der Waals surface area contributed by atoms with Crippen molar-refractivity contribution in [2.45, 2.75) is 52.1 Å². The highest BCUT2D eigenvalue weighted by Crippen LogP contribution is 2.27. The number of hydrogen-bond donors (Lipinski definition) is 1. The molecule has 29 heavy (non-hydrogen) atoms. The highest BCUT2D eigenvalue weighted by molar-refractivity contribution is 7.80. The van der Waals surface area contributed by atoms with E-state index in [1.54, 1.807) is 0 Å². The Morgan fingerprint density at radius 3 is 2.52 bits per heavy atom. The Balaban J connectivity index is 1.84. The summed E-state index contributed by atoms with van der Waals surface area (Å²) in [7, 11) is 2.19. The van der Waals surface area contributed by atoms with E-state index in [9.17, 15) is 0 Å². The minimum absolute atomic E-state index is 0.413. The molecule has 156 valence electrons. The number of nitrogens with zero attached hydrogens (tertiary/aromatic N) is 2. The van der Waals surface area contributed by atoms with Crippen LogP contribution >= 0.6 is 23.8 Å². The third-order valence-electron chi connectivity index (χ3n) is 5.93. The van der Waals surface area contributed by atoms with Crippen molar-refractivity contribution in [3.8, 4) is 0 Å². The Morgan fingerprint density at radius 1 is 1.17 bits per heavy atom. The third kappa shape index (κ3) is 5.50. The number of hydrogen-bond acceptors (Lipinski definition) is 2. The van der Waals surface area contributed by atoms with Crippen LogP contribution in [-0.2, 0) is 6.54 Å². The van der Waals surface area contributed by atoms with Gasteiger partial charge in [0.05, 0.1) is 0 Å². The predicted molar refractivity (Wildman–Crippen MR) is 129 cm³/mol. The first kappa shape index (κ1) is 22.1. The van der Waals surface area contributed by atoms with Crippen LogP contribution in [0.3, 0.4) is 0 Å². The molecule has 2 aromatic rings. The van der Waals surface area contributed by atoms with Crippen LogP contribution in [0.25, 0.3) is 0 Å². The first-order chi connectivity index (χ1) is 13.9. The zero-order valence-electron chi connectivity index (χ0n) is 17.9. The van der Waals surface area contributed by atoms with E-state index in [0.29, 0.717) is 12.0 Å². The van der Waals surface area contributed by atoms with Gasteiger partial charge in [0.15, 0.2) is 5.11 Å². The van der Waals surface area contributed by atoms with Crippen molar-refractivity contribution in [2.75, 3.05) is 25.5 Å². The first-order valence-corrected chi connectivity index (χ1v) is 11.2. The van der Waals surface area contributed by atoms with Gasteiger partial charge >= 0.3 is 0 Å². The van der Waals surface area contributed by atoms with Gasteiger partial charge < -0.3 is 15.1 Å². The van der Waals surface area contributed by atoms with E-state index in [0.717, 1.165) is 53.9 Å². The van der Waals surface area contributed by atoms with Crippen molar-refractivity contribution >= 4 is 34.6 Å². The highest BCUT2D eigenvalue weighted by atomic mass is 35.5. The molecule has 2 aromatic carbocycles. The molecule has 0 radical (unpaired) electrons. The Labute approximate surface area is 186 Å². The van der Waals surface area contributed by atoms with E-state index in [2.05, 4.69) is 67.2 Å². The van der Waals surface area contributed by atoms with Crippen LogP contribution < -0.4 is 5.32 Å². The van der Waals surface area contributed by atoms with Crippen molar-refractivity contribution in [1.29, 1.82) is 0 Å². The van der Waals surface area contributed by atoms with Crippen LogP contribution in [0.2, 0.25) is 5.02 Å². The lowest BCUT2D eigenvalue weighted by Gasteiger charge is -2.39. The van der Waals surface area contributed by atoms with Crippen molar-refractivity contribution in [3.05, 3.63) is 64.2 Å². The molecule has 0 bridgehead atoms. The van der Waals surface area contributed by atoms with E-state index in [4.69, 9.17) is 23.8 Å². The standard InChI is InChI=1S/C24H32ClN3S/c1-17(2)21-9-7-11-23(18(21)3)26-24(29)28(20-12-14-27(4)15-13-20)16-19-8-5-6-10-22(19)25/h5-11,17,20H,12-16H2,1-4H3,(H,26,29). The summed E-state index contributed by atoms with van der Waals surface area (Å²) >= 11 is 12.4. The molecular weight excluding hydrogens is 398 g/mol. The number of halogens is 1. The lowest BCUT2D eigenvalue weighted by Crippen LogP contribution is -2.47. The van der Waals surface area contributed by atoms with Gasteiger partial charge in [-0.05, 0) is 86.9 Å². The van der Waals surface area contributed by atoms with Gasteiger partial charge in [0, 0.05) is 23.3 Å². The van der Waals surface area contributed by atoms with Crippen LogP contribution in [0.1, 0.15) is 49.3 Å². The van der Waals surface area contributed by atoms with Gasteiger partial charge in [0.1, 0.15) is 0 Å². The molecule has 0 spiro atoms. The summed E-state index contributed by atoms with van der Waals surface area (Å²) in [5, 5.41) is 5.13. The van der Waals surface area contributed by atoms with E-state index in [-0.39, 0.29) is 0 Å². The van der Waals surface area contributed by atoms with Crippen molar-refractivity contribution < 1.29 is 0 Å². The molecule has 1 aliphatic rings. The zero-order valence-corrected chi connectivity index (χ0v) is 19.5. The van der Waals surface area contributed by atoms with Crippen LogP contribution in [0.4, 0.5) is 5.69 Å². The molecule has 1 aliphatic heterocycles. The van der Waals surface area contributed by atoms with Gasteiger partial charge in [-0.2, -0.15) is 0 Å². The molecule has 0 aromatic heterocycles. The Morgan fingerprint density at radius 2 is 1.86 bits per heavy atom. The van der Waals surface area contributed by atoms with Crippen LogP contribution in [0.5, 0.6) is 0 Å². The van der Waals surface area contributed by atoms with Crippen LogP contribution in [0, 0.1) is 6.92 Å². The number of piperidine rings is 1. The normalized spacial score (nSPS) is 15.5. The summed E-state index contributed by atoms with van der Waals surface area (Å²) in [6.45, 7) is 9.54. The summed E-state index contributed by atoms with van der Waals surface area (Å²) in [6.07, 6.45) is 2.21. The quantitative estimate of drug-likeness (QED) is 0.581. The molecule has 3 nitrogen and oxygen atoms in total. The van der Waals surface area contributed by atoms with E-state index >= 15 is 0 Å². The van der Waals surface area contributed by atoms with Crippen molar-refractivity contribution in [2.24, 2.45) is 0 Å². The van der Waals surface area contributed by atoms with E-state index in [1.807, 2.05) is 18.2 Å². The molecule has 1 saturated heterocycles. The van der Waals surface area contributed by atoms with Crippen LogP contribution in [0.15, 0.2) is 42.5 Å². The molecule has 1 fully saturated rings. The Bertz CT molecular complexity index is 844. The molecule has 0 aliphatic carbocycles. The summed E-state index contributed by atoms with van der Waals surface area (Å²) in [6, 6.07) is 14.9. The molecule has 0 atom stereocenters. The second kappa shape index (κ2) is 9.92. The number of nitrogens with one attached hydrogen (secondary N) is 1. The summed E-state index contributed by atoms with van der Waals surface area (Å²) < 4.78 is 0. The second-order valence-corrected chi connectivity index (χ2v) is 9.15. The average molecular weight is 430 g/mol. The fraction of sp³-hybridized carbons (Fsp3) is 0.458. The van der Waals surface area contributed by atoms with E-state index < -0.39 is 0 Å². The predicted octanol–water partition coefficient (Wildman–Crippen LogP) is 6.07. The van der Waals surface area contributed by atoms with Gasteiger partial charge in [0.2, 0.25) is 0 Å². The molecule has 3 rings (SSSR count). The number of likely N-dealkylation sites (tertiary alicyclic amines) is 1. The average Bonchev–Trinajstić information content (AvgIpc) is 2.69. The minimum atomic E-state index is 0.413. The lowest BCUT2D eigenvalue weighted by atomic mass is 9.97. The van der Waals surface area contributed by atoms with Gasteiger partial charge in [0.25, 0.3) is 0 Å². The Kier molecular flexibility index (Phi) is 7.55. The number of anilines is 1. The number of thiocarbonyl (C=S) groups is 1. The van der Waals surface area contributed by atoms with Gasteiger partial charge in [-0.25, -0.2) is 0 Å². The summed E-state index contributed by atoms with van der Waals surface area (Å²) in [4.78, 5) is 4.72. The zero-order chi connectivity index (χ0) is 21.0. The molecule has 0 unspecified atom stereocenters. The molecule has 0 amide bonds. The maximum atomic E-state index is 6.48. The van der Waals surface area contributed by atoms with Gasteiger partial charge in [-0.3, -0.25) is 0 Å². The van der Waals surface area contributed by atoms with Crippen molar-refractivity contribution in [1.82, 2.24) is 9.80 Å². The molecule has 0 saturated carbocycles. The molecule has 5 heteroatoms. The highest BCUT2D eigenvalue weighted by Gasteiger charge is 2.26. The number of benzene rings is 2. The first-order valence-electron chi connectivity index (χ1n) is 10.5. The fourth-order valence-electron chi connectivity index (χ4n) is 4.08. The largest absolute Gasteiger partial charge is 0.342 e. The Hall–Kier alpha value is -1.62. The number of rotatable bonds is 5. The molecule has 1 N–H and O–H groups in total. The maximum absolute atomic E-state index is 6.48. The topological polar surface area (TPSA) is 18.5 Å². The minimum Gasteiger partial charge on any atom is -0.342 e. The molecular formula is C24H32ClN3S.